The van der Waals surface area contributed by atoms with Crippen LogP contribution in [-0.4, -0.2) is 10.2 Å². The third kappa shape index (κ3) is 1.92. The highest BCUT2D eigenvalue weighted by Gasteiger charge is 2.03. The number of aromatic amines is 1. The lowest BCUT2D eigenvalue weighted by Gasteiger charge is -2.01. The van der Waals surface area contributed by atoms with Crippen LogP contribution in [0.25, 0.3) is 11.3 Å². The first-order valence-corrected chi connectivity index (χ1v) is 5.02. The van der Waals surface area contributed by atoms with Gasteiger partial charge >= 0.3 is 0 Å². The largest absolute Gasteiger partial charge is 0.325 e. The van der Waals surface area contributed by atoms with Gasteiger partial charge in [0, 0.05) is 17.8 Å². The summed E-state index contributed by atoms with van der Waals surface area (Å²) < 4.78 is 0. The van der Waals surface area contributed by atoms with Crippen LogP contribution in [0.4, 0.5) is 0 Å². The van der Waals surface area contributed by atoms with Gasteiger partial charge in [-0.1, -0.05) is 12.1 Å². The zero-order chi connectivity index (χ0) is 10.8. The molecule has 0 spiro atoms. The Hall–Kier alpha value is -1.61. The van der Waals surface area contributed by atoms with Crippen LogP contribution in [0.5, 0.6) is 0 Å². The molecule has 0 bridgehead atoms. The maximum Gasteiger partial charge on any atom is 0.0924 e. The number of rotatable bonds is 2. The summed E-state index contributed by atoms with van der Waals surface area (Å²) >= 11 is 0. The fraction of sp³-hybridized carbons (Fsp3) is 0.250. The summed E-state index contributed by atoms with van der Waals surface area (Å²) in [5.41, 5.74) is 11.2. The Bertz CT molecular complexity index is 471. The first kappa shape index (κ1) is 9.93. The van der Waals surface area contributed by atoms with E-state index in [-0.39, 0.29) is 0 Å². The number of hydrogen-bond donors (Lipinski definition) is 2. The number of nitrogens with one attached hydrogen (secondary N) is 1. The first-order chi connectivity index (χ1) is 7.20. The first-order valence-electron chi connectivity index (χ1n) is 5.02. The van der Waals surface area contributed by atoms with E-state index in [1.807, 2.05) is 6.07 Å². The van der Waals surface area contributed by atoms with E-state index in [4.69, 9.17) is 5.73 Å². The second-order valence-corrected chi connectivity index (χ2v) is 3.78. The number of H-pyrrole nitrogens is 1. The SMILES string of the molecule is Cc1ccc(-c2cc(CN)[nH]n2)cc1C. The molecule has 0 unspecified atom stereocenters. The predicted octanol–water partition coefficient (Wildman–Crippen LogP) is 2.15. The average molecular weight is 201 g/mol. The van der Waals surface area contributed by atoms with E-state index in [1.54, 1.807) is 0 Å². The van der Waals surface area contributed by atoms with Crippen LogP contribution >= 0.6 is 0 Å². The molecule has 0 aliphatic rings. The van der Waals surface area contributed by atoms with Gasteiger partial charge in [-0.3, -0.25) is 5.10 Å². The lowest BCUT2D eigenvalue weighted by molar-refractivity contribution is 0.948. The van der Waals surface area contributed by atoms with Gasteiger partial charge < -0.3 is 5.73 Å². The fourth-order valence-corrected chi connectivity index (χ4v) is 1.51. The second-order valence-electron chi connectivity index (χ2n) is 3.78. The molecule has 0 fully saturated rings. The Morgan fingerprint density at radius 2 is 2.00 bits per heavy atom. The lowest BCUT2D eigenvalue weighted by Crippen LogP contribution is -1.95. The van der Waals surface area contributed by atoms with Crippen molar-refractivity contribution in [2.45, 2.75) is 20.4 Å². The van der Waals surface area contributed by atoms with Gasteiger partial charge in [-0.2, -0.15) is 5.10 Å². The Morgan fingerprint density at radius 3 is 2.60 bits per heavy atom. The van der Waals surface area contributed by atoms with Crippen LogP contribution in [0.1, 0.15) is 16.8 Å². The van der Waals surface area contributed by atoms with Crippen molar-refractivity contribution in [3.8, 4) is 11.3 Å². The number of aryl methyl sites for hydroxylation is 2. The Kier molecular flexibility index (Phi) is 2.56. The van der Waals surface area contributed by atoms with Gasteiger partial charge in [-0.25, -0.2) is 0 Å². The van der Waals surface area contributed by atoms with E-state index >= 15 is 0 Å². The van der Waals surface area contributed by atoms with Gasteiger partial charge in [0.2, 0.25) is 0 Å². The van der Waals surface area contributed by atoms with Crippen LogP contribution in [0, 0.1) is 13.8 Å². The normalized spacial score (nSPS) is 10.6. The minimum absolute atomic E-state index is 0.498. The molecule has 78 valence electrons. The molecule has 2 aromatic rings. The molecule has 2 rings (SSSR count). The summed E-state index contributed by atoms with van der Waals surface area (Å²) in [6.45, 7) is 4.71. The van der Waals surface area contributed by atoms with Crippen LogP contribution in [0.2, 0.25) is 0 Å². The molecule has 0 amide bonds. The van der Waals surface area contributed by atoms with Crippen molar-refractivity contribution in [2.24, 2.45) is 5.73 Å². The van der Waals surface area contributed by atoms with Crippen molar-refractivity contribution < 1.29 is 0 Å². The predicted molar refractivity (Wildman–Crippen MR) is 61.4 cm³/mol. The molecule has 0 aliphatic heterocycles. The summed E-state index contributed by atoms with van der Waals surface area (Å²) in [6.07, 6.45) is 0. The minimum atomic E-state index is 0.498. The summed E-state index contributed by atoms with van der Waals surface area (Å²) in [5.74, 6) is 0. The lowest BCUT2D eigenvalue weighted by atomic mass is 10.0. The highest BCUT2D eigenvalue weighted by Crippen LogP contribution is 2.20. The maximum absolute atomic E-state index is 5.52. The Balaban J connectivity index is 2.40. The van der Waals surface area contributed by atoms with Crippen LogP contribution in [0.3, 0.4) is 0 Å². The third-order valence-electron chi connectivity index (χ3n) is 2.65. The molecule has 0 atom stereocenters. The minimum Gasteiger partial charge on any atom is -0.325 e. The van der Waals surface area contributed by atoms with Crippen molar-refractivity contribution in [3.63, 3.8) is 0 Å². The van der Waals surface area contributed by atoms with Gasteiger partial charge in [-0.15, -0.1) is 0 Å². The van der Waals surface area contributed by atoms with Gasteiger partial charge in [0.1, 0.15) is 0 Å². The van der Waals surface area contributed by atoms with E-state index in [1.165, 1.54) is 11.1 Å². The molecule has 0 saturated carbocycles. The summed E-state index contributed by atoms with van der Waals surface area (Å²) in [5, 5.41) is 7.14. The molecular weight excluding hydrogens is 186 g/mol. The van der Waals surface area contributed by atoms with Crippen LogP contribution in [-0.2, 0) is 6.54 Å². The van der Waals surface area contributed by atoms with Gasteiger partial charge in [0.25, 0.3) is 0 Å². The average Bonchev–Trinajstić information content (AvgIpc) is 2.70. The van der Waals surface area contributed by atoms with Crippen LogP contribution < -0.4 is 5.73 Å². The van der Waals surface area contributed by atoms with E-state index in [2.05, 4.69) is 42.2 Å². The molecule has 1 aromatic heterocycles. The van der Waals surface area contributed by atoms with Crippen molar-refractivity contribution in [2.75, 3.05) is 0 Å². The van der Waals surface area contributed by atoms with E-state index < -0.39 is 0 Å². The molecule has 0 saturated heterocycles. The van der Waals surface area contributed by atoms with Crippen molar-refractivity contribution in [1.29, 1.82) is 0 Å². The number of benzene rings is 1. The molecule has 1 aromatic carbocycles. The highest BCUT2D eigenvalue weighted by atomic mass is 15.1. The molecular formula is C12H15N3. The van der Waals surface area contributed by atoms with E-state index in [0.717, 1.165) is 17.0 Å². The second kappa shape index (κ2) is 3.87. The highest BCUT2D eigenvalue weighted by molar-refractivity contribution is 5.61. The number of nitrogens with zero attached hydrogens (tertiary/aromatic N) is 1. The smallest absolute Gasteiger partial charge is 0.0924 e. The topological polar surface area (TPSA) is 54.7 Å². The Morgan fingerprint density at radius 1 is 1.20 bits per heavy atom. The fourth-order valence-electron chi connectivity index (χ4n) is 1.51. The van der Waals surface area contributed by atoms with E-state index in [9.17, 15) is 0 Å². The zero-order valence-corrected chi connectivity index (χ0v) is 9.04. The molecule has 15 heavy (non-hydrogen) atoms. The summed E-state index contributed by atoms with van der Waals surface area (Å²) in [4.78, 5) is 0. The Labute approximate surface area is 89.3 Å². The monoisotopic (exact) mass is 201 g/mol. The number of nitrogens with two attached hydrogens (primary N) is 1. The van der Waals surface area contributed by atoms with Gasteiger partial charge in [0.15, 0.2) is 0 Å². The summed E-state index contributed by atoms with van der Waals surface area (Å²) in [7, 11) is 0. The van der Waals surface area contributed by atoms with Crippen molar-refractivity contribution >= 4 is 0 Å². The number of aromatic nitrogens is 2. The standard InChI is InChI=1S/C12H15N3/c1-8-3-4-10(5-9(8)2)12-6-11(7-13)14-15-12/h3-6H,7,13H2,1-2H3,(H,14,15). The molecule has 0 radical (unpaired) electrons. The molecule has 1 heterocycles. The van der Waals surface area contributed by atoms with Crippen molar-refractivity contribution in [1.82, 2.24) is 10.2 Å². The van der Waals surface area contributed by atoms with Crippen LogP contribution in [0.15, 0.2) is 24.3 Å². The van der Waals surface area contributed by atoms with Gasteiger partial charge in [-0.05, 0) is 37.1 Å². The molecule has 3 nitrogen and oxygen atoms in total. The van der Waals surface area contributed by atoms with Gasteiger partial charge in [0.05, 0.1) is 5.69 Å². The molecule has 0 aliphatic carbocycles. The number of hydrogen-bond acceptors (Lipinski definition) is 2. The summed E-state index contributed by atoms with van der Waals surface area (Å²) in [6, 6.07) is 8.33. The quantitative estimate of drug-likeness (QED) is 0.782. The molecule has 3 N–H and O–H groups in total. The third-order valence-corrected chi connectivity index (χ3v) is 2.65. The van der Waals surface area contributed by atoms with E-state index in [0.29, 0.717) is 6.54 Å². The maximum atomic E-state index is 5.52. The van der Waals surface area contributed by atoms with Crippen molar-refractivity contribution in [3.05, 3.63) is 41.1 Å². The zero-order valence-electron chi connectivity index (χ0n) is 9.04. The molecule has 3 heteroatoms.